The van der Waals surface area contributed by atoms with Gasteiger partial charge in [0, 0.05) is 17.8 Å². The van der Waals surface area contributed by atoms with Crippen LogP contribution in [0.5, 0.6) is 0 Å². The van der Waals surface area contributed by atoms with Gasteiger partial charge in [0.05, 0.1) is 0 Å². The first-order valence-corrected chi connectivity index (χ1v) is 6.44. The van der Waals surface area contributed by atoms with Gasteiger partial charge >= 0.3 is 0 Å². The van der Waals surface area contributed by atoms with Gasteiger partial charge in [-0.15, -0.1) is 0 Å². The molecule has 3 rings (SSSR count). The van der Waals surface area contributed by atoms with E-state index in [-0.39, 0.29) is 0 Å². The van der Waals surface area contributed by atoms with E-state index in [2.05, 4.69) is 17.4 Å². The molecule has 0 bridgehead atoms. The van der Waals surface area contributed by atoms with Crippen LogP contribution >= 0.6 is 0 Å². The standard InChI is InChI=1S/C14H20N2/c15-12-6-4-11-9-14(7-5-10(11)8-12)16-13-2-1-3-13/h4,6,8,13-14,16H,1-3,5,7,9,15H2. The number of nitrogen functional groups attached to an aromatic ring is 1. The molecule has 2 aliphatic carbocycles. The maximum absolute atomic E-state index is 5.81. The van der Waals surface area contributed by atoms with Crippen molar-refractivity contribution in [2.24, 2.45) is 0 Å². The fourth-order valence-electron chi connectivity index (χ4n) is 2.83. The van der Waals surface area contributed by atoms with Crippen molar-refractivity contribution < 1.29 is 0 Å². The molecule has 0 aromatic heterocycles. The Kier molecular flexibility index (Phi) is 2.60. The third kappa shape index (κ3) is 1.94. The van der Waals surface area contributed by atoms with E-state index in [0.717, 1.165) is 11.7 Å². The fraction of sp³-hybridized carbons (Fsp3) is 0.571. The van der Waals surface area contributed by atoms with E-state index < -0.39 is 0 Å². The zero-order chi connectivity index (χ0) is 11.0. The predicted octanol–water partition coefficient (Wildman–Crippen LogP) is 2.27. The van der Waals surface area contributed by atoms with E-state index in [4.69, 9.17) is 5.73 Å². The Labute approximate surface area is 97.2 Å². The summed E-state index contributed by atoms with van der Waals surface area (Å²) in [7, 11) is 0. The van der Waals surface area contributed by atoms with E-state index in [9.17, 15) is 0 Å². The second kappa shape index (κ2) is 4.10. The van der Waals surface area contributed by atoms with Crippen LogP contribution in [-0.4, -0.2) is 12.1 Å². The minimum Gasteiger partial charge on any atom is -0.399 e. The molecule has 0 aliphatic heterocycles. The van der Waals surface area contributed by atoms with Gasteiger partial charge in [-0.3, -0.25) is 0 Å². The predicted molar refractivity (Wildman–Crippen MR) is 67.4 cm³/mol. The summed E-state index contributed by atoms with van der Waals surface area (Å²) in [4.78, 5) is 0. The Balaban J connectivity index is 1.68. The number of anilines is 1. The maximum atomic E-state index is 5.81. The number of hydrogen-bond donors (Lipinski definition) is 2. The summed E-state index contributed by atoms with van der Waals surface area (Å²) < 4.78 is 0. The molecule has 1 unspecified atom stereocenters. The van der Waals surface area contributed by atoms with Gasteiger partial charge in [0.25, 0.3) is 0 Å². The molecule has 0 amide bonds. The van der Waals surface area contributed by atoms with E-state index >= 15 is 0 Å². The van der Waals surface area contributed by atoms with Crippen molar-refractivity contribution in [1.29, 1.82) is 0 Å². The number of benzene rings is 1. The molecule has 1 saturated carbocycles. The molecule has 3 N–H and O–H groups in total. The monoisotopic (exact) mass is 216 g/mol. The van der Waals surface area contributed by atoms with Crippen molar-refractivity contribution in [3.8, 4) is 0 Å². The smallest absolute Gasteiger partial charge is 0.0316 e. The Morgan fingerprint density at radius 1 is 1.06 bits per heavy atom. The number of fused-ring (bicyclic) bond motifs is 1. The van der Waals surface area contributed by atoms with Crippen LogP contribution in [-0.2, 0) is 12.8 Å². The normalized spacial score (nSPS) is 24.9. The summed E-state index contributed by atoms with van der Waals surface area (Å²) in [6.45, 7) is 0. The van der Waals surface area contributed by atoms with Crippen LogP contribution < -0.4 is 11.1 Å². The number of hydrogen-bond acceptors (Lipinski definition) is 2. The van der Waals surface area contributed by atoms with Crippen LogP contribution in [0.2, 0.25) is 0 Å². The lowest BCUT2D eigenvalue weighted by molar-refractivity contribution is 0.290. The quantitative estimate of drug-likeness (QED) is 0.744. The highest BCUT2D eigenvalue weighted by Crippen LogP contribution is 2.26. The molecule has 0 heterocycles. The lowest BCUT2D eigenvalue weighted by atomic mass is 9.85. The van der Waals surface area contributed by atoms with Crippen molar-refractivity contribution in [1.82, 2.24) is 5.32 Å². The molecule has 0 radical (unpaired) electrons. The van der Waals surface area contributed by atoms with Crippen LogP contribution in [0.1, 0.15) is 36.8 Å². The highest BCUT2D eigenvalue weighted by molar-refractivity contribution is 5.46. The van der Waals surface area contributed by atoms with Crippen molar-refractivity contribution in [3.63, 3.8) is 0 Å². The number of aryl methyl sites for hydroxylation is 1. The molecule has 0 saturated heterocycles. The summed E-state index contributed by atoms with van der Waals surface area (Å²) >= 11 is 0. The maximum Gasteiger partial charge on any atom is 0.0316 e. The van der Waals surface area contributed by atoms with Gasteiger partial charge in [-0.05, 0) is 55.4 Å². The molecular weight excluding hydrogens is 196 g/mol. The molecule has 16 heavy (non-hydrogen) atoms. The molecule has 2 heteroatoms. The molecule has 2 aliphatic rings. The van der Waals surface area contributed by atoms with Crippen LogP contribution in [0, 0.1) is 0 Å². The summed E-state index contributed by atoms with van der Waals surface area (Å²) in [5.74, 6) is 0. The Morgan fingerprint density at radius 3 is 2.69 bits per heavy atom. The largest absolute Gasteiger partial charge is 0.399 e. The van der Waals surface area contributed by atoms with Crippen molar-refractivity contribution >= 4 is 5.69 Å². The molecule has 1 aromatic rings. The highest BCUT2D eigenvalue weighted by atomic mass is 15.0. The van der Waals surface area contributed by atoms with Crippen LogP contribution in [0.25, 0.3) is 0 Å². The zero-order valence-corrected chi connectivity index (χ0v) is 9.71. The number of nitrogens with two attached hydrogens (primary N) is 1. The first-order valence-electron chi connectivity index (χ1n) is 6.44. The Bertz CT molecular complexity index is 382. The van der Waals surface area contributed by atoms with Crippen molar-refractivity contribution in [2.75, 3.05) is 5.73 Å². The highest BCUT2D eigenvalue weighted by Gasteiger charge is 2.24. The Morgan fingerprint density at radius 2 is 1.94 bits per heavy atom. The molecule has 1 atom stereocenters. The minimum atomic E-state index is 0.696. The van der Waals surface area contributed by atoms with Gasteiger partial charge < -0.3 is 11.1 Å². The first-order chi connectivity index (χ1) is 7.81. The molecular formula is C14H20N2. The summed E-state index contributed by atoms with van der Waals surface area (Å²) in [6.07, 6.45) is 7.82. The third-order valence-electron chi connectivity index (χ3n) is 4.04. The first kappa shape index (κ1) is 10.2. The lowest BCUT2D eigenvalue weighted by Crippen LogP contribution is -2.44. The van der Waals surface area contributed by atoms with Gasteiger partial charge in [0.1, 0.15) is 0 Å². The third-order valence-corrected chi connectivity index (χ3v) is 4.04. The number of nitrogens with one attached hydrogen (secondary N) is 1. The SMILES string of the molecule is Nc1ccc2c(c1)CCC(NC1CCC1)C2. The van der Waals surface area contributed by atoms with Crippen LogP contribution in [0.15, 0.2) is 18.2 Å². The van der Waals surface area contributed by atoms with Crippen LogP contribution in [0.4, 0.5) is 5.69 Å². The summed E-state index contributed by atoms with van der Waals surface area (Å²) in [5.41, 5.74) is 9.68. The van der Waals surface area contributed by atoms with Gasteiger partial charge in [-0.2, -0.15) is 0 Å². The zero-order valence-electron chi connectivity index (χ0n) is 9.71. The van der Waals surface area contributed by atoms with E-state index in [1.54, 1.807) is 0 Å². The number of rotatable bonds is 2. The van der Waals surface area contributed by atoms with Gasteiger partial charge in [0.2, 0.25) is 0 Å². The average molecular weight is 216 g/mol. The Hall–Kier alpha value is -1.02. The molecule has 86 valence electrons. The topological polar surface area (TPSA) is 38.0 Å². The molecule has 1 fully saturated rings. The molecule has 0 spiro atoms. The van der Waals surface area contributed by atoms with E-state index in [1.807, 2.05) is 6.07 Å². The lowest BCUT2D eigenvalue weighted by Gasteiger charge is -2.34. The molecule has 2 nitrogen and oxygen atoms in total. The second-order valence-corrected chi connectivity index (χ2v) is 5.26. The van der Waals surface area contributed by atoms with Crippen molar-refractivity contribution in [3.05, 3.63) is 29.3 Å². The van der Waals surface area contributed by atoms with E-state index in [1.165, 1.54) is 49.7 Å². The minimum absolute atomic E-state index is 0.696. The second-order valence-electron chi connectivity index (χ2n) is 5.26. The fourth-order valence-corrected chi connectivity index (χ4v) is 2.83. The summed E-state index contributed by atoms with van der Waals surface area (Å²) in [6, 6.07) is 7.89. The van der Waals surface area contributed by atoms with E-state index in [0.29, 0.717) is 6.04 Å². The van der Waals surface area contributed by atoms with Crippen molar-refractivity contribution in [2.45, 2.75) is 50.6 Å². The summed E-state index contributed by atoms with van der Waals surface area (Å²) in [5, 5.41) is 3.78. The van der Waals surface area contributed by atoms with Gasteiger partial charge in [0.15, 0.2) is 0 Å². The van der Waals surface area contributed by atoms with Gasteiger partial charge in [-0.1, -0.05) is 12.5 Å². The van der Waals surface area contributed by atoms with Gasteiger partial charge in [-0.25, -0.2) is 0 Å². The average Bonchev–Trinajstić information content (AvgIpc) is 2.23. The van der Waals surface area contributed by atoms with Crippen LogP contribution in [0.3, 0.4) is 0 Å². The molecule has 1 aromatic carbocycles.